The van der Waals surface area contributed by atoms with E-state index < -0.39 is 0 Å². The van der Waals surface area contributed by atoms with Crippen LogP contribution in [0.25, 0.3) is 34.0 Å². The summed E-state index contributed by atoms with van der Waals surface area (Å²) in [5.74, 6) is 1.06. The average Bonchev–Trinajstić information content (AvgIpc) is 3.04. The Morgan fingerprint density at radius 1 is 0.840 bits per heavy atom. The molecule has 5 heteroatoms. The van der Waals surface area contributed by atoms with Crippen molar-refractivity contribution in [1.29, 1.82) is 0 Å². The summed E-state index contributed by atoms with van der Waals surface area (Å²) in [6, 6.07) is 16.2. The van der Waals surface area contributed by atoms with Crippen LogP contribution in [0.3, 0.4) is 0 Å². The summed E-state index contributed by atoms with van der Waals surface area (Å²) in [7, 11) is 1.96. The minimum atomic E-state index is -0.303. The SMILES string of the molecule is Cn1cc(-c2cnc(-c3cccc(F)c3)nc2)nc1-c1ccccc1. The number of nitrogens with zero attached hydrogens (tertiary/aromatic N) is 4. The van der Waals surface area contributed by atoms with Gasteiger partial charge in [-0.15, -0.1) is 0 Å². The van der Waals surface area contributed by atoms with Crippen LogP contribution in [0.2, 0.25) is 0 Å². The molecule has 0 aliphatic carbocycles. The number of benzene rings is 2. The molecule has 0 aliphatic rings. The Balaban J connectivity index is 1.67. The average molecular weight is 330 g/mol. The first kappa shape index (κ1) is 15.2. The Bertz CT molecular complexity index is 1010. The van der Waals surface area contributed by atoms with E-state index in [9.17, 15) is 4.39 Å². The maximum atomic E-state index is 13.3. The summed E-state index contributed by atoms with van der Waals surface area (Å²) in [4.78, 5) is 13.4. The first-order valence-corrected chi connectivity index (χ1v) is 7.88. The second-order valence-electron chi connectivity index (χ2n) is 5.73. The Kier molecular flexibility index (Phi) is 3.82. The molecule has 122 valence electrons. The van der Waals surface area contributed by atoms with Crippen LogP contribution >= 0.6 is 0 Å². The molecule has 0 saturated carbocycles. The van der Waals surface area contributed by atoms with Crippen LogP contribution in [0.15, 0.2) is 73.2 Å². The molecular formula is C20H15FN4. The van der Waals surface area contributed by atoms with Gasteiger partial charge in [-0.2, -0.15) is 0 Å². The normalized spacial score (nSPS) is 10.8. The van der Waals surface area contributed by atoms with Gasteiger partial charge in [0, 0.05) is 42.3 Å². The molecule has 4 rings (SSSR count). The highest BCUT2D eigenvalue weighted by Crippen LogP contribution is 2.24. The molecule has 4 aromatic rings. The fourth-order valence-electron chi connectivity index (χ4n) is 2.70. The van der Waals surface area contributed by atoms with Crippen LogP contribution in [0.4, 0.5) is 4.39 Å². The molecule has 0 fully saturated rings. The van der Waals surface area contributed by atoms with Crippen molar-refractivity contribution in [2.24, 2.45) is 7.05 Å². The van der Waals surface area contributed by atoms with Gasteiger partial charge in [-0.05, 0) is 12.1 Å². The summed E-state index contributed by atoms with van der Waals surface area (Å²) >= 11 is 0. The van der Waals surface area contributed by atoms with Crippen LogP contribution < -0.4 is 0 Å². The van der Waals surface area contributed by atoms with Crippen molar-refractivity contribution in [3.63, 3.8) is 0 Å². The first-order chi connectivity index (χ1) is 12.2. The number of aromatic nitrogens is 4. The molecule has 2 heterocycles. The van der Waals surface area contributed by atoms with Crippen LogP contribution in [0.1, 0.15) is 0 Å². The Labute approximate surface area is 144 Å². The van der Waals surface area contributed by atoms with Gasteiger partial charge in [0.15, 0.2) is 5.82 Å². The van der Waals surface area contributed by atoms with E-state index in [1.807, 2.05) is 48.1 Å². The predicted molar refractivity (Wildman–Crippen MR) is 95.1 cm³/mol. The molecule has 25 heavy (non-hydrogen) atoms. The minimum Gasteiger partial charge on any atom is -0.333 e. The largest absolute Gasteiger partial charge is 0.333 e. The summed E-state index contributed by atoms with van der Waals surface area (Å²) in [5.41, 5.74) is 3.32. The second-order valence-corrected chi connectivity index (χ2v) is 5.73. The number of aryl methyl sites for hydroxylation is 1. The molecule has 0 radical (unpaired) electrons. The Morgan fingerprint density at radius 3 is 2.28 bits per heavy atom. The van der Waals surface area contributed by atoms with Gasteiger partial charge in [0.25, 0.3) is 0 Å². The van der Waals surface area contributed by atoms with Crippen molar-refractivity contribution in [2.75, 3.05) is 0 Å². The van der Waals surface area contributed by atoms with E-state index in [0.29, 0.717) is 11.4 Å². The van der Waals surface area contributed by atoms with Crippen molar-refractivity contribution in [2.45, 2.75) is 0 Å². The fourth-order valence-corrected chi connectivity index (χ4v) is 2.70. The third-order valence-electron chi connectivity index (χ3n) is 3.94. The molecule has 0 N–H and O–H groups in total. The molecule has 4 nitrogen and oxygen atoms in total. The van der Waals surface area contributed by atoms with E-state index in [4.69, 9.17) is 0 Å². The van der Waals surface area contributed by atoms with E-state index in [2.05, 4.69) is 15.0 Å². The molecule has 0 aliphatic heterocycles. The Hall–Kier alpha value is -3.34. The van der Waals surface area contributed by atoms with E-state index in [1.165, 1.54) is 12.1 Å². The number of rotatable bonds is 3. The monoisotopic (exact) mass is 330 g/mol. The van der Waals surface area contributed by atoms with Gasteiger partial charge in [0.2, 0.25) is 0 Å². The van der Waals surface area contributed by atoms with Crippen molar-refractivity contribution in [1.82, 2.24) is 19.5 Å². The van der Waals surface area contributed by atoms with Crippen molar-refractivity contribution < 1.29 is 4.39 Å². The lowest BCUT2D eigenvalue weighted by Crippen LogP contribution is -1.90. The molecule has 0 bridgehead atoms. The predicted octanol–water partition coefficient (Wildman–Crippen LogP) is 4.35. The Morgan fingerprint density at radius 2 is 1.56 bits per heavy atom. The van der Waals surface area contributed by atoms with E-state index in [-0.39, 0.29) is 5.82 Å². The standard InChI is InChI=1S/C20H15FN4/c1-25-13-18(24-20(25)14-6-3-2-4-7-14)16-11-22-19(23-12-16)15-8-5-9-17(21)10-15/h2-13H,1H3. The van der Waals surface area contributed by atoms with Crippen molar-refractivity contribution in [3.05, 3.63) is 79.0 Å². The molecule has 0 unspecified atom stereocenters. The first-order valence-electron chi connectivity index (χ1n) is 7.88. The van der Waals surface area contributed by atoms with Crippen molar-refractivity contribution in [3.8, 4) is 34.0 Å². The highest BCUT2D eigenvalue weighted by Gasteiger charge is 2.10. The van der Waals surface area contributed by atoms with E-state index in [0.717, 1.165) is 22.6 Å². The number of hydrogen-bond donors (Lipinski definition) is 0. The number of hydrogen-bond acceptors (Lipinski definition) is 3. The summed E-state index contributed by atoms with van der Waals surface area (Å²) < 4.78 is 15.3. The third-order valence-corrected chi connectivity index (χ3v) is 3.94. The molecule has 0 atom stereocenters. The van der Waals surface area contributed by atoms with Gasteiger partial charge in [0.05, 0.1) is 5.69 Å². The minimum absolute atomic E-state index is 0.303. The summed E-state index contributed by atoms with van der Waals surface area (Å²) in [5, 5.41) is 0. The third kappa shape index (κ3) is 3.04. The van der Waals surface area contributed by atoms with Gasteiger partial charge < -0.3 is 4.57 Å². The molecule has 0 saturated heterocycles. The van der Waals surface area contributed by atoms with E-state index in [1.54, 1.807) is 24.5 Å². The van der Waals surface area contributed by atoms with Crippen LogP contribution in [0, 0.1) is 5.82 Å². The fraction of sp³-hybridized carbons (Fsp3) is 0.0500. The zero-order valence-corrected chi connectivity index (χ0v) is 13.6. The van der Waals surface area contributed by atoms with Crippen LogP contribution in [0.5, 0.6) is 0 Å². The van der Waals surface area contributed by atoms with Gasteiger partial charge in [-0.3, -0.25) is 0 Å². The summed E-state index contributed by atoms with van der Waals surface area (Å²) in [6.07, 6.45) is 5.37. The smallest absolute Gasteiger partial charge is 0.159 e. The molecule has 0 amide bonds. The second kappa shape index (κ2) is 6.28. The van der Waals surface area contributed by atoms with Crippen LogP contribution in [-0.2, 0) is 7.05 Å². The molecule has 2 aromatic heterocycles. The zero-order valence-electron chi connectivity index (χ0n) is 13.6. The highest BCUT2D eigenvalue weighted by molar-refractivity contribution is 5.65. The maximum absolute atomic E-state index is 13.3. The van der Waals surface area contributed by atoms with Gasteiger partial charge >= 0.3 is 0 Å². The van der Waals surface area contributed by atoms with Crippen LogP contribution in [-0.4, -0.2) is 19.5 Å². The highest BCUT2D eigenvalue weighted by atomic mass is 19.1. The lowest BCUT2D eigenvalue weighted by molar-refractivity contribution is 0.628. The van der Waals surface area contributed by atoms with Gasteiger partial charge in [0.1, 0.15) is 11.6 Å². The molecule has 2 aromatic carbocycles. The lowest BCUT2D eigenvalue weighted by Gasteiger charge is -2.01. The molecular weight excluding hydrogens is 315 g/mol. The molecule has 0 spiro atoms. The number of halogens is 1. The topological polar surface area (TPSA) is 43.6 Å². The number of imidazole rings is 1. The zero-order chi connectivity index (χ0) is 17.2. The lowest BCUT2D eigenvalue weighted by atomic mass is 10.2. The maximum Gasteiger partial charge on any atom is 0.159 e. The van der Waals surface area contributed by atoms with Crippen molar-refractivity contribution >= 4 is 0 Å². The van der Waals surface area contributed by atoms with Gasteiger partial charge in [-0.25, -0.2) is 19.3 Å². The quantitative estimate of drug-likeness (QED) is 0.561. The summed E-state index contributed by atoms with van der Waals surface area (Å²) in [6.45, 7) is 0. The van der Waals surface area contributed by atoms with E-state index >= 15 is 0 Å². The van der Waals surface area contributed by atoms with Gasteiger partial charge in [-0.1, -0.05) is 42.5 Å².